The number of ether oxygens (including phenoxy) is 4. The van der Waals surface area contributed by atoms with Crippen molar-refractivity contribution in [2.24, 2.45) is 21.5 Å². The summed E-state index contributed by atoms with van der Waals surface area (Å²) in [4.78, 5) is 15.9. The second-order valence-electron chi connectivity index (χ2n) is 12.5. The molecule has 2 aliphatic rings. The van der Waals surface area contributed by atoms with Crippen LogP contribution in [0.25, 0.3) is 0 Å². The van der Waals surface area contributed by atoms with Gasteiger partial charge in [-0.15, -0.1) is 0 Å². The monoisotopic (exact) mass is 713 g/mol. The molecule has 0 radical (unpaired) electrons. The first-order valence-electron chi connectivity index (χ1n) is 18.3. The molecule has 14 nitrogen and oxygen atoms in total. The lowest BCUT2D eigenvalue weighted by Gasteiger charge is -2.34. The van der Waals surface area contributed by atoms with E-state index in [0.29, 0.717) is 59.3 Å². The largest absolute Gasteiger partial charge is 0.496 e. The molecule has 0 amide bonds. The summed E-state index contributed by atoms with van der Waals surface area (Å²) < 4.78 is 22.9. The Balaban J connectivity index is 1.34. The molecule has 0 saturated carbocycles. The summed E-state index contributed by atoms with van der Waals surface area (Å²) >= 11 is 0. The van der Waals surface area contributed by atoms with Crippen LogP contribution >= 0.6 is 0 Å². The highest BCUT2D eigenvalue weighted by atomic mass is 16.5. The Kier molecular flexibility index (Phi) is 20.9. The van der Waals surface area contributed by atoms with Gasteiger partial charge in [-0.3, -0.25) is 14.8 Å². The highest BCUT2D eigenvalue weighted by molar-refractivity contribution is 6.10. The molecule has 2 aliphatic heterocycles. The summed E-state index contributed by atoms with van der Waals surface area (Å²) in [6.45, 7) is 18.5. The fourth-order valence-corrected chi connectivity index (χ4v) is 5.83. The van der Waals surface area contributed by atoms with Gasteiger partial charge >= 0.3 is 0 Å². The number of nitrogens with two attached hydrogens (primary N) is 2. The summed E-state index contributed by atoms with van der Waals surface area (Å²) in [6, 6.07) is 6.54. The highest BCUT2D eigenvalue weighted by Gasteiger charge is 2.24. The molecular weight excluding hydrogens is 648 g/mol. The van der Waals surface area contributed by atoms with Gasteiger partial charge in [0.05, 0.1) is 65.7 Å². The number of nitrogens with one attached hydrogen (secondary N) is 3. The maximum atomic E-state index is 5.88. The number of methoxy groups -OCH3 is 1. The third-order valence-corrected chi connectivity index (χ3v) is 8.58. The van der Waals surface area contributed by atoms with E-state index in [9.17, 15) is 0 Å². The Bertz CT molecular complexity index is 1260. The SMILES string of the molecule is C=N/C(NCCCCC)=C1\C(=N/CN)C=CN1Cc1ccc(CN2CCN(CCOCCOCCOCCN/C=C(\N)CNC)CC2)cc1OC. The van der Waals surface area contributed by atoms with E-state index in [4.69, 9.17) is 30.4 Å². The zero-order chi connectivity index (χ0) is 36.5. The fraction of sp³-hybridized carbons (Fsp3) is 0.622. The predicted molar refractivity (Wildman–Crippen MR) is 207 cm³/mol. The van der Waals surface area contributed by atoms with E-state index in [-0.39, 0.29) is 6.67 Å². The minimum absolute atomic E-state index is 0.205. The quantitative estimate of drug-likeness (QED) is 0.0667. The van der Waals surface area contributed by atoms with Crippen molar-refractivity contribution >= 4 is 12.4 Å². The maximum Gasteiger partial charge on any atom is 0.151 e. The van der Waals surface area contributed by atoms with Gasteiger partial charge in [0.15, 0.2) is 5.82 Å². The molecule has 3 rings (SSSR count). The van der Waals surface area contributed by atoms with Crippen molar-refractivity contribution < 1.29 is 18.9 Å². The topological polar surface area (TPSA) is 159 Å². The Morgan fingerprint density at radius 2 is 1.69 bits per heavy atom. The van der Waals surface area contributed by atoms with Gasteiger partial charge in [-0.25, -0.2) is 4.99 Å². The molecule has 0 bridgehead atoms. The lowest BCUT2D eigenvalue weighted by atomic mass is 10.1. The Labute approximate surface area is 306 Å². The van der Waals surface area contributed by atoms with Crippen molar-refractivity contribution in [2.75, 3.05) is 113 Å². The maximum absolute atomic E-state index is 5.88. The van der Waals surface area contributed by atoms with E-state index in [2.05, 4.69) is 72.5 Å². The number of hydrogen-bond acceptors (Lipinski definition) is 14. The Morgan fingerprint density at radius 1 is 0.961 bits per heavy atom. The molecule has 14 heteroatoms. The highest BCUT2D eigenvalue weighted by Crippen LogP contribution is 2.28. The summed E-state index contributed by atoms with van der Waals surface area (Å²) in [6.07, 6.45) is 9.19. The van der Waals surface area contributed by atoms with Crippen LogP contribution in [0.5, 0.6) is 5.75 Å². The van der Waals surface area contributed by atoms with Crippen molar-refractivity contribution in [1.29, 1.82) is 0 Å². The van der Waals surface area contributed by atoms with Crippen molar-refractivity contribution in [1.82, 2.24) is 30.7 Å². The van der Waals surface area contributed by atoms with Crippen LogP contribution < -0.4 is 32.2 Å². The zero-order valence-electron chi connectivity index (χ0n) is 31.3. The summed E-state index contributed by atoms with van der Waals surface area (Å²) in [5.41, 5.74) is 16.4. The van der Waals surface area contributed by atoms with Crippen LogP contribution in [0, 0.1) is 0 Å². The normalized spacial score (nSPS) is 17.4. The summed E-state index contributed by atoms with van der Waals surface area (Å²) in [7, 11) is 3.60. The molecule has 0 aliphatic carbocycles. The van der Waals surface area contributed by atoms with Gasteiger partial charge in [0.1, 0.15) is 11.4 Å². The number of nitrogens with zero attached hydrogens (tertiary/aromatic N) is 5. The van der Waals surface area contributed by atoms with Gasteiger partial charge in [0, 0.05) is 82.6 Å². The Hall–Kier alpha value is -3.50. The van der Waals surface area contributed by atoms with Gasteiger partial charge in [0.2, 0.25) is 0 Å². The van der Waals surface area contributed by atoms with Gasteiger partial charge < -0.3 is 51.3 Å². The zero-order valence-corrected chi connectivity index (χ0v) is 31.3. The van der Waals surface area contributed by atoms with Gasteiger partial charge in [-0.05, 0) is 37.9 Å². The minimum Gasteiger partial charge on any atom is -0.496 e. The van der Waals surface area contributed by atoms with Crippen molar-refractivity contribution in [3.8, 4) is 5.75 Å². The fourth-order valence-electron chi connectivity index (χ4n) is 5.83. The van der Waals surface area contributed by atoms with Crippen LogP contribution in [0.1, 0.15) is 37.3 Å². The molecule has 1 saturated heterocycles. The second-order valence-corrected chi connectivity index (χ2v) is 12.5. The van der Waals surface area contributed by atoms with E-state index in [1.807, 2.05) is 19.3 Å². The number of allylic oxidation sites excluding steroid dienone is 1. The lowest BCUT2D eigenvalue weighted by Crippen LogP contribution is -2.46. The number of aliphatic imine (C=N–C) groups is 2. The molecule has 1 fully saturated rings. The molecule has 1 aromatic rings. The lowest BCUT2D eigenvalue weighted by molar-refractivity contribution is 0.00844. The Morgan fingerprint density at radius 3 is 2.37 bits per heavy atom. The minimum atomic E-state index is 0.205. The second kappa shape index (κ2) is 25.5. The van der Waals surface area contributed by atoms with E-state index < -0.39 is 0 Å². The van der Waals surface area contributed by atoms with Crippen LogP contribution in [0.15, 0.2) is 63.9 Å². The molecule has 286 valence electrons. The van der Waals surface area contributed by atoms with Crippen LogP contribution in [0.4, 0.5) is 0 Å². The number of hydrogen-bond donors (Lipinski definition) is 5. The van der Waals surface area contributed by atoms with Crippen molar-refractivity contribution in [3.63, 3.8) is 0 Å². The molecule has 0 unspecified atom stereocenters. The van der Waals surface area contributed by atoms with Crippen molar-refractivity contribution in [3.05, 3.63) is 65.0 Å². The third-order valence-electron chi connectivity index (χ3n) is 8.58. The molecular formula is C37H64N10O4. The van der Waals surface area contributed by atoms with E-state index >= 15 is 0 Å². The third kappa shape index (κ3) is 15.7. The van der Waals surface area contributed by atoms with Gasteiger partial charge in [-0.2, -0.15) is 0 Å². The molecule has 7 N–H and O–H groups in total. The van der Waals surface area contributed by atoms with Crippen LogP contribution in [0.3, 0.4) is 0 Å². The molecule has 51 heavy (non-hydrogen) atoms. The molecule has 0 atom stereocenters. The number of benzene rings is 1. The standard InChI is InChI=1S/C37H64N10O4/c1-5-6-7-11-43-37(41-3)36-34(44-30-38)10-13-47(36)29-32-9-8-31(25-35(32)48-4)28-46-16-14-45(15-17-46)18-20-50-22-24-51-23-21-49-19-12-42-27-33(39)26-40-2/h8-10,13,25,27,40,42-43H,3,5-7,11-12,14-24,26,28-30,38-39H2,1-2,4H3/b33-27-,37-36-,44-34-. The number of likely N-dealkylation sites (N-methyl/N-ethyl adjacent to an activating group) is 1. The van der Waals surface area contributed by atoms with E-state index in [1.54, 1.807) is 13.3 Å². The first-order valence-corrected chi connectivity index (χ1v) is 18.3. The molecule has 1 aromatic carbocycles. The van der Waals surface area contributed by atoms with Crippen molar-refractivity contribution in [2.45, 2.75) is 39.3 Å². The van der Waals surface area contributed by atoms with Gasteiger partial charge in [0.25, 0.3) is 0 Å². The molecule has 2 heterocycles. The molecule has 0 aromatic heterocycles. The summed E-state index contributed by atoms with van der Waals surface area (Å²) in [5.74, 6) is 1.59. The molecule has 0 spiro atoms. The van der Waals surface area contributed by atoms with Crippen LogP contribution in [-0.4, -0.2) is 140 Å². The first-order chi connectivity index (χ1) is 25.0. The van der Waals surface area contributed by atoms with E-state index in [0.717, 1.165) is 99.3 Å². The number of unbranched alkanes of at least 4 members (excludes halogenated alkanes) is 2. The van der Waals surface area contributed by atoms with Crippen LogP contribution in [-0.2, 0) is 27.3 Å². The van der Waals surface area contributed by atoms with E-state index in [1.165, 1.54) is 5.56 Å². The average molecular weight is 713 g/mol. The average Bonchev–Trinajstić information content (AvgIpc) is 3.53. The predicted octanol–water partition coefficient (Wildman–Crippen LogP) is 1.81. The smallest absolute Gasteiger partial charge is 0.151 e. The number of rotatable bonds is 27. The van der Waals surface area contributed by atoms with Crippen LogP contribution in [0.2, 0.25) is 0 Å². The first kappa shape index (κ1) is 41.9. The van der Waals surface area contributed by atoms with Gasteiger partial charge in [-0.1, -0.05) is 31.9 Å². The number of piperazine rings is 1. The summed E-state index contributed by atoms with van der Waals surface area (Å²) in [5, 5.41) is 9.58.